The molecule has 0 unspecified atom stereocenters. The molecular weight excluding hydrogens is 396 g/mol. The Kier molecular flexibility index (Phi) is 5.91. The van der Waals surface area contributed by atoms with Gasteiger partial charge in [0, 0.05) is 22.9 Å². The highest BCUT2D eigenvalue weighted by Crippen LogP contribution is 2.40. The van der Waals surface area contributed by atoms with Gasteiger partial charge in [0.2, 0.25) is 5.91 Å². The van der Waals surface area contributed by atoms with Crippen molar-refractivity contribution in [3.05, 3.63) is 64.0 Å². The maximum Gasteiger partial charge on any atom is 0.272 e. The highest BCUT2D eigenvalue weighted by molar-refractivity contribution is 8.04. The smallest absolute Gasteiger partial charge is 0.272 e. The summed E-state index contributed by atoms with van der Waals surface area (Å²) in [6.45, 7) is 5.36. The number of nitrogens with one attached hydrogen (secondary N) is 1. The molecule has 0 saturated carbocycles. The second-order valence-corrected chi connectivity index (χ2v) is 8.57. The zero-order valence-corrected chi connectivity index (χ0v) is 17.2. The van der Waals surface area contributed by atoms with Crippen molar-refractivity contribution in [2.75, 3.05) is 10.2 Å². The van der Waals surface area contributed by atoms with Gasteiger partial charge in [-0.15, -0.1) is 11.8 Å². The first-order chi connectivity index (χ1) is 13.3. The van der Waals surface area contributed by atoms with E-state index >= 15 is 0 Å². The Hall–Kier alpha value is -2.57. The standard InChI is InChI=1S/C21H19ClN2O3S/c1-12(2)28-19-18(14-4-6-15(22)7-5-14)20(26)24(21(19)27)17-10-8-16(9-11-17)23-13(3)25/h4-12H,1-3H3,(H,23,25). The molecular formula is C21H19ClN2O3S. The minimum atomic E-state index is -0.372. The lowest BCUT2D eigenvalue weighted by Gasteiger charge is -2.16. The lowest BCUT2D eigenvalue weighted by Crippen LogP contribution is -2.31. The van der Waals surface area contributed by atoms with Crippen molar-refractivity contribution in [1.29, 1.82) is 0 Å². The molecule has 0 fully saturated rings. The van der Waals surface area contributed by atoms with E-state index in [9.17, 15) is 14.4 Å². The Morgan fingerprint density at radius 1 is 1.00 bits per heavy atom. The summed E-state index contributed by atoms with van der Waals surface area (Å²) >= 11 is 7.33. The van der Waals surface area contributed by atoms with Crippen molar-refractivity contribution in [3.63, 3.8) is 0 Å². The number of anilines is 2. The van der Waals surface area contributed by atoms with Gasteiger partial charge in [0.15, 0.2) is 0 Å². The minimum absolute atomic E-state index is 0.135. The van der Waals surface area contributed by atoms with Crippen LogP contribution in [0.5, 0.6) is 0 Å². The number of hydrogen-bond acceptors (Lipinski definition) is 4. The molecule has 0 aromatic heterocycles. The third-order valence-corrected chi connectivity index (χ3v) is 5.31. The summed E-state index contributed by atoms with van der Waals surface area (Å²) < 4.78 is 0. The summed E-state index contributed by atoms with van der Waals surface area (Å²) in [5.74, 6) is -0.910. The van der Waals surface area contributed by atoms with Gasteiger partial charge in [0.1, 0.15) is 0 Å². The van der Waals surface area contributed by atoms with Gasteiger partial charge in [-0.25, -0.2) is 4.90 Å². The van der Waals surface area contributed by atoms with Gasteiger partial charge >= 0.3 is 0 Å². The summed E-state index contributed by atoms with van der Waals surface area (Å²) in [5, 5.41) is 3.36. The summed E-state index contributed by atoms with van der Waals surface area (Å²) in [6.07, 6.45) is 0. The van der Waals surface area contributed by atoms with Crippen LogP contribution in [0.3, 0.4) is 0 Å². The fourth-order valence-electron chi connectivity index (χ4n) is 2.86. The van der Waals surface area contributed by atoms with Crippen molar-refractivity contribution < 1.29 is 14.4 Å². The SMILES string of the molecule is CC(=O)Nc1ccc(N2C(=O)C(SC(C)C)=C(c3ccc(Cl)cc3)C2=O)cc1. The van der Waals surface area contributed by atoms with Gasteiger partial charge < -0.3 is 5.32 Å². The van der Waals surface area contributed by atoms with Crippen molar-refractivity contribution in [2.45, 2.75) is 26.0 Å². The van der Waals surface area contributed by atoms with E-state index in [1.165, 1.54) is 23.6 Å². The summed E-state index contributed by atoms with van der Waals surface area (Å²) in [5.41, 5.74) is 2.09. The third-order valence-electron chi connectivity index (χ3n) is 3.97. The first kappa shape index (κ1) is 20.2. The fourth-order valence-corrected chi connectivity index (χ4v) is 3.97. The van der Waals surface area contributed by atoms with E-state index in [2.05, 4.69) is 5.32 Å². The van der Waals surface area contributed by atoms with Crippen LogP contribution in [0, 0.1) is 0 Å². The molecule has 3 amide bonds. The average Bonchev–Trinajstić information content (AvgIpc) is 2.86. The van der Waals surface area contributed by atoms with Crippen LogP contribution in [0.1, 0.15) is 26.3 Å². The number of rotatable bonds is 5. The molecule has 1 N–H and O–H groups in total. The molecule has 1 aliphatic heterocycles. The zero-order chi connectivity index (χ0) is 20.4. The van der Waals surface area contributed by atoms with E-state index in [1.54, 1.807) is 48.5 Å². The number of hydrogen-bond donors (Lipinski definition) is 1. The number of halogens is 1. The van der Waals surface area contributed by atoms with Crippen LogP contribution >= 0.6 is 23.4 Å². The van der Waals surface area contributed by atoms with Crippen molar-refractivity contribution in [3.8, 4) is 0 Å². The quantitative estimate of drug-likeness (QED) is 0.718. The number of thioether (sulfide) groups is 1. The maximum atomic E-state index is 13.2. The molecule has 1 heterocycles. The average molecular weight is 415 g/mol. The molecule has 7 heteroatoms. The van der Waals surface area contributed by atoms with Gasteiger partial charge in [-0.05, 0) is 42.0 Å². The monoisotopic (exact) mass is 414 g/mol. The number of nitrogens with zero attached hydrogens (tertiary/aromatic N) is 1. The third kappa shape index (κ3) is 4.13. The fraction of sp³-hybridized carbons (Fsp3) is 0.190. The molecule has 0 bridgehead atoms. The molecule has 0 aliphatic carbocycles. The Balaban J connectivity index is 2.00. The van der Waals surface area contributed by atoms with E-state index in [0.29, 0.717) is 32.4 Å². The summed E-state index contributed by atoms with van der Waals surface area (Å²) in [6, 6.07) is 13.5. The number of amides is 3. The number of carbonyl (C=O) groups excluding carboxylic acids is 3. The van der Waals surface area contributed by atoms with Gasteiger partial charge in [-0.1, -0.05) is 37.6 Å². The van der Waals surface area contributed by atoms with Crippen LogP contribution in [-0.4, -0.2) is 23.0 Å². The van der Waals surface area contributed by atoms with Gasteiger partial charge in [0.05, 0.1) is 16.2 Å². The molecule has 0 saturated heterocycles. The van der Waals surface area contributed by atoms with Gasteiger partial charge in [-0.3, -0.25) is 14.4 Å². The molecule has 28 heavy (non-hydrogen) atoms. The van der Waals surface area contributed by atoms with E-state index in [4.69, 9.17) is 11.6 Å². The van der Waals surface area contributed by atoms with Crippen molar-refractivity contribution >= 4 is 58.0 Å². The van der Waals surface area contributed by atoms with Crippen molar-refractivity contribution in [2.24, 2.45) is 0 Å². The van der Waals surface area contributed by atoms with Crippen molar-refractivity contribution in [1.82, 2.24) is 0 Å². The summed E-state index contributed by atoms with van der Waals surface area (Å²) in [4.78, 5) is 39.1. The lowest BCUT2D eigenvalue weighted by molar-refractivity contribution is -0.120. The second-order valence-electron chi connectivity index (χ2n) is 6.55. The molecule has 3 rings (SSSR count). The second kappa shape index (κ2) is 8.20. The number of carbonyl (C=O) groups is 3. The Morgan fingerprint density at radius 2 is 1.61 bits per heavy atom. The summed E-state index contributed by atoms with van der Waals surface area (Å²) in [7, 11) is 0. The van der Waals surface area contributed by atoms with Gasteiger partial charge in [0.25, 0.3) is 11.8 Å². The molecule has 2 aromatic rings. The van der Waals surface area contributed by atoms with E-state index < -0.39 is 0 Å². The molecule has 1 aliphatic rings. The molecule has 2 aromatic carbocycles. The molecule has 0 spiro atoms. The van der Waals surface area contributed by atoms with Gasteiger partial charge in [-0.2, -0.15) is 0 Å². The topological polar surface area (TPSA) is 66.5 Å². The highest BCUT2D eigenvalue weighted by Gasteiger charge is 2.40. The Morgan fingerprint density at radius 3 is 2.14 bits per heavy atom. The van der Waals surface area contributed by atoms with Crippen LogP contribution in [-0.2, 0) is 14.4 Å². The molecule has 0 atom stereocenters. The van der Waals surface area contributed by atoms with Crippen LogP contribution in [0.15, 0.2) is 53.4 Å². The van der Waals surface area contributed by atoms with Crippen LogP contribution in [0.2, 0.25) is 5.02 Å². The molecule has 144 valence electrons. The molecule has 0 radical (unpaired) electrons. The van der Waals surface area contributed by atoms with E-state index in [1.807, 2.05) is 13.8 Å². The largest absolute Gasteiger partial charge is 0.326 e. The molecule has 5 nitrogen and oxygen atoms in total. The minimum Gasteiger partial charge on any atom is -0.326 e. The normalized spacial score (nSPS) is 14.2. The highest BCUT2D eigenvalue weighted by atomic mass is 35.5. The number of benzene rings is 2. The Bertz CT molecular complexity index is 966. The predicted octanol–water partition coefficient (Wildman–Crippen LogP) is 4.72. The first-order valence-corrected chi connectivity index (χ1v) is 9.97. The number of imide groups is 1. The maximum absolute atomic E-state index is 13.2. The van der Waals surface area contributed by atoms with E-state index in [-0.39, 0.29) is 23.0 Å². The Labute approximate surface area is 172 Å². The van der Waals surface area contributed by atoms with E-state index in [0.717, 1.165) is 0 Å². The van der Waals surface area contributed by atoms with Crippen LogP contribution < -0.4 is 10.2 Å². The predicted molar refractivity (Wildman–Crippen MR) is 114 cm³/mol. The van der Waals surface area contributed by atoms with Crippen LogP contribution in [0.4, 0.5) is 11.4 Å². The lowest BCUT2D eigenvalue weighted by atomic mass is 10.1. The zero-order valence-electron chi connectivity index (χ0n) is 15.7. The van der Waals surface area contributed by atoms with Crippen LogP contribution in [0.25, 0.3) is 5.57 Å². The first-order valence-electron chi connectivity index (χ1n) is 8.71.